The first-order valence-corrected chi connectivity index (χ1v) is 9.82. The molecule has 2 aromatic rings. The highest BCUT2D eigenvalue weighted by Crippen LogP contribution is 2.16. The molecule has 0 spiro atoms. The Labute approximate surface area is 115 Å². The molecule has 0 amide bonds. The molecule has 0 atom stereocenters. The fourth-order valence-corrected chi connectivity index (χ4v) is 4.27. The molecule has 1 aromatic heterocycles. The highest BCUT2D eigenvalue weighted by atomic mass is 35.5. The van der Waals surface area contributed by atoms with Crippen molar-refractivity contribution in [3.8, 4) is 0 Å². The van der Waals surface area contributed by atoms with Crippen molar-refractivity contribution in [3.05, 3.63) is 59.2 Å². The molecule has 0 fully saturated rings. The van der Waals surface area contributed by atoms with Gasteiger partial charge in [-0.2, -0.15) is 0 Å². The number of nitrogens with zero attached hydrogens (tertiary/aromatic N) is 1. The highest BCUT2D eigenvalue weighted by molar-refractivity contribution is 6.89. The Kier molecular flexibility index (Phi) is 4.20. The van der Waals surface area contributed by atoms with Gasteiger partial charge in [0.15, 0.2) is 0 Å². The van der Waals surface area contributed by atoms with Crippen molar-refractivity contribution in [1.82, 2.24) is 4.98 Å². The fraction of sp³-hybridized carbons (Fsp3) is 0.267. The Morgan fingerprint density at radius 1 is 1.06 bits per heavy atom. The van der Waals surface area contributed by atoms with Crippen LogP contribution < -0.4 is 5.32 Å². The standard InChI is InChI=1S/C15H18ClNSi/c1-18(2,15-5-3-4-11-17-15)12-10-13-6-8-14(16)9-7-13/h3-9,11H,10,12H2,1-2H3. The zero-order valence-electron chi connectivity index (χ0n) is 10.9. The van der Waals surface area contributed by atoms with Gasteiger partial charge in [-0.1, -0.05) is 42.9 Å². The molecule has 0 aliphatic rings. The minimum absolute atomic E-state index is 0.806. The molecule has 0 N–H and O–H groups in total. The van der Waals surface area contributed by atoms with E-state index in [0.29, 0.717) is 0 Å². The summed E-state index contributed by atoms with van der Waals surface area (Å²) in [6, 6.07) is 15.6. The Bertz CT molecular complexity index is 494. The van der Waals surface area contributed by atoms with Crippen LogP contribution in [0.2, 0.25) is 24.2 Å². The van der Waals surface area contributed by atoms with Gasteiger partial charge in [0.05, 0.1) is 0 Å². The van der Waals surface area contributed by atoms with Crippen LogP contribution in [-0.2, 0) is 6.42 Å². The molecule has 0 radical (unpaired) electrons. The van der Waals surface area contributed by atoms with Gasteiger partial charge in [0.25, 0.3) is 0 Å². The molecule has 94 valence electrons. The lowest BCUT2D eigenvalue weighted by atomic mass is 10.2. The number of hydrogen-bond donors (Lipinski definition) is 0. The molecule has 0 saturated heterocycles. The number of halogens is 1. The van der Waals surface area contributed by atoms with Crippen molar-refractivity contribution in [3.63, 3.8) is 0 Å². The van der Waals surface area contributed by atoms with Crippen LogP contribution in [0, 0.1) is 0 Å². The third kappa shape index (κ3) is 3.44. The molecule has 3 heteroatoms. The van der Waals surface area contributed by atoms with Crippen LogP contribution in [0.25, 0.3) is 0 Å². The van der Waals surface area contributed by atoms with Gasteiger partial charge in [-0.25, -0.2) is 0 Å². The largest absolute Gasteiger partial charge is 0.266 e. The maximum absolute atomic E-state index is 5.90. The van der Waals surface area contributed by atoms with Crippen LogP contribution >= 0.6 is 11.6 Å². The van der Waals surface area contributed by atoms with Crippen molar-refractivity contribution in [2.24, 2.45) is 0 Å². The Morgan fingerprint density at radius 2 is 1.78 bits per heavy atom. The third-order valence-corrected chi connectivity index (χ3v) is 6.74. The molecule has 0 aliphatic heterocycles. The number of pyridine rings is 1. The normalized spacial score (nSPS) is 11.5. The lowest BCUT2D eigenvalue weighted by Crippen LogP contribution is -2.43. The van der Waals surface area contributed by atoms with E-state index in [1.54, 1.807) is 0 Å². The average molecular weight is 276 g/mol. The maximum atomic E-state index is 5.90. The summed E-state index contributed by atoms with van der Waals surface area (Å²) in [7, 11) is -1.42. The van der Waals surface area contributed by atoms with Gasteiger partial charge in [0.1, 0.15) is 8.07 Å². The second kappa shape index (κ2) is 5.68. The van der Waals surface area contributed by atoms with Gasteiger partial charge in [-0.3, -0.25) is 4.98 Å². The maximum Gasteiger partial charge on any atom is 0.105 e. The van der Waals surface area contributed by atoms with Crippen LogP contribution in [0.5, 0.6) is 0 Å². The van der Waals surface area contributed by atoms with Gasteiger partial charge in [0, 0.05) is 16.5 Å². The van der Waals surface area contributed by atoms with Gasteiger partial charge >= 0.3 is 0 Å². The summed E-state index contributed by atoms with van der Waals surface area (Å²) in [6.45, 7) is 4.76. The minimum Gasteiger partial charge on any atom is -0.266 e. The summed E-state index contributed by atoms with van der Waals surface area (Å²) in [4.78, 5) is 4.52. The van der Waals surface area contributed by atoms with Crippen molar-refractivity contribution in [2.75, 3.05) is 0 Å². The zero-order chi connectivity index (χ0) is 13.0. The quantitative estimate of drug-likeness (QED) is 0.772. The van der Waals surface area contributed by atoms with Crippen molar-refractivity contribution >= 4 is 25.0 Å². The lowest BCUT2D eigenvalue weighted by molar-refractivity contribution is 1.09. The lowest BCUT2D eigenvalue weighted by Gasteiger charge is -2.21. The molecule has 1 nitrogen and oxygen atoms in total. The molecular formula is C15H18ClNSi. The monoisotopic (exact) mass is 275 g/mol. The summed E-state index contributed by atoms with van der Waals surface area (Å²) in [5.41, 5.74) is 1.36. The van der Waals surface area contributed by atoms with Crippen LogP contribution in [0.15, 0.2) is 48.7 Å². The smallest absolute Gasteiger partial charge is 0.105 e. The summed E-state index contributed by atoms with van der Waals surface area (Å²) in [5.74, 6) is 0. The molecule has 1 heterocycles. The van der Waals surface area contributed by atoms with E-state index in [0.717, 1.165) is 11.4 Å². The second-order valence-electron chi connectivity index (χ2n) is 5.23. The Hall–Kier alpha value is -1.12. The van der Waals surface area contributed by atoms with E-state index >= 15 is 0 Å². The molecule has 1 aromatic carbocycles. The van der Waals surface area contributed by atoms with E-state index in [4.69, 9.17) is 11.6 Å². The zero-order valence-corrected chi connectivity index (χ0v) is 12.6. The minimum atomic E-state index is -1.42. The van der Waals surface area contributed by atoms with Crippen LogP contribution in [0.1, 0.15) is 5.56 Å². The Morgan fingerprint density at radius 3 is 2.39 bits per heavy atom. The molecular weight excluding hydrogens is 258 g/mol. The second-order valence-corrected chi connectivity index (χ2v) is 10.4. The summed E-state index contributed by atoms with van der Waals surface area (Å²) >= 11 is 5.90. The summed E-state index contributed by atoms with van der Waals surface area (Å²) in [5, 5.41) is 2.10. The van der Waals surface area contributed by atoms with E-state index in [-0.39, 0.29) is 0 Å². The van der Waals surface area contributed by atoms with Gasteiger partial charge in [-0.05, 0) is 42.3 Å². The number of hydrogen-bond acceptors (Lipinski definition) is 1. The first-order valence-electron chi connectivity index (χ1n) is 6.24. The molecule has 18 heavy (non-hydrogen) atoms. The fourth-order valence-electron chi connectivity index (χ4n) is 2.00. The molecule has 0 unspecified atom stereocenters. The van der Waals surface area contributed by atoms with Gasteiger partial charge in [-0.15, -0.1) is 0 Å². The van der Waals surface area contributed by atoms with E-state index in [1.165, 1.54) is 16.9 Å². The predicted molar refractivity (Wildman–Crippen MR) is 81.3 cm³/mol. The number of benzene rings is 1. The van der Waals surface area contributed by atoms with Gasteiger partial charge in [0.2, 0.25) is 0 Å². The topological polar surface area (TPSA) is 12.9 Å². The number of aryl methyl sites for hydroxylation is 1. The van der Waals surface area contributed by atoms with Gasteiger partial charge < -0.3 is 0 Å². The SMILES string of the molecule is C[Si](C)(CCc1ccc(Cl)cc1)c1ccccn1. The van der Waals surface area contributed by atoms with E-state index < -0.39 is 8.07 Å². The molecule has 2 rings (SSSR count). The molecule has 0 aliphatic carbocycles. The van der Waals surface area contributed by atoms with E-state index in [9.17, 15) is 0 Å². The van der Waals surface area contributed by atoms with Crippen molar-refractivity contribution in [1.29, 1.82) is 0 Å². The molecule has 0 saturated carbocycles. The first-order chi connectivity index (χ1) is 8.58. The van der Waals surface area contributed by atoms with E-state index in [2.05, 4.69) is 42.3 Å². The van der Waals surface area contributed by atoms with Crippen LogP contribution in [0.3, 0.4) is 0 Å². The number of rotatable bonds is 4. The average Bonchev–Trinajstić information content (AvgIpc) is 2.39. The molecule has 0 bridgehead atoms. The summed E-state index contributed by atoms with van der Waals surface area (Å²) in [6.07, 6.45) is 3.00. The highest BCUT2D eigenvalue weighted by Gasteiger charge is 2.24. The summed E-state index contributed by atoms with van der Waals surface area (Å²) < 4.78 is 0. The third-order valence-electron chi connectivity index (χ3n) is 3.31. The van der Waals surface area contributed by atoms with E-state index in [1.807, 2.05) is 24.4 Å². The first kappa shape index (κ1) is 13.3. The van der Waals surface area contributed by atoms with Crippen molar-refractivity contribution in [2.45, 2.75) is 25.6 Å². The number of aromatic nitrogens is 1. The van der Waals surface area contributed by atoms with Crippen LogP contribution in [-0.4, -0.2) is 13.1 Å². The predicted octanol–water partition coefficient (Wildman–Crippen LogP) is 3.89. The Balaban J connectivity index is 2.03. The van der Waals surface area contributed by atoms with Crippen molar-refractivity contribution < 1.29 is 0 Å². The van der Waals surface area contributed by atoms with Crippen LogP contribution in [0.4, 0.5) is 0 Å².